The number of anilines is 2. The maximum Gasteiger partial charge on any atom is 0.239 e. The van der Waals surface area contributed by atoms with E-state index in [9.17, 15) is 4.79 Å². The van der Waals surface area contributed by atoms with Gasteiger partial charge in [0.25, 0.3) is 0 Å². The summed E-state index contributed by atoms with van der Waals surface area (Å²) in [6.07, 6.45) is 2.69. The molecule has 1 rings (SSSR count). The summed E-state index contributed by atoms with van der Waals surface area (Å²) in [6.45, 7) is 7.02. The van der Waals surface area contributed by atoms with E-state index in [0.29, 0.717) is 11.8 Å². The Hall–Kier alpha value is -1.37. The highest BCUT2D eigenvalue weighted by molar-refractivity contribution is 9.10. The molecule has 0 bridgehead atoms. The number of rotatable bonds is 7. The quantitative estimate of drug-likeness (QED) is 0.792. The van der Waals surface area contributed by atoms with Gasteiger partial charge in [0.1, 0.15) is 5.82 Å². The monoisotopic (exact) mass is 343 g/mol. The fourth-order valence-corrected chi connectivity index (χ4v) is 2.10. The van der Waals surface area contributed by atoms with Crippen LogP contribution in [-0.4, -0.2) is 42.1 Å². The summed E-state index contributed by atoms with van der Waals surface area (Å²) in [7, 11) is 1.83. The zero-order valence-corrected chi connectivity index (χ0v) is 14.0. The van der Waals surface area contributed by atoms with Crippen molar-refractivity contribution in [2.75, 3.05) is 30.4 Å². The molecular weight excluding hydrogens is 322 g/mol. The molecular formula is C13H22BrN5O. The summed E-state index contributed by atoms with van der Waals surface area (Å²) >= 11 is 3.41. The molecule has 112 valence electrons. The molecule has 6 nitrogen and oxygen atoms in total. The predicted octanol–water partition coefficient (Wildman–Crippen LogP) is 2.02. The van der Waals surface area contributed by atoms with E-state index in [0.717, 1.165) is 17.4 Å². The van der Waals surface area contributed by atoms with Crippen molar-refractivity contribution in [3.05, 3.63) is 10.7 Å². The van der Waals surface area contributed by atoms with Crippen LogP contribution in [0.1, 0.15) is 27.2 Å². The number of carbonyl (C=O) groups is 1. The van der Waals surface area contributed by atoms with Crippen molar-refractivity contribution in [2.45, 2.75) is 33.2 Å². The van der Waals surface area contributed by atoms with E-state index < -0.39 is 0 Å². The number of halogens is 1. The van der Waals surface area contributed by atoms with Crippen LogP contribution in [0, 0.1) is 0 Å². The van der Waals surface area contributed by atoms with E-state index in [1.54, 1.807) is 11.1 Å². The van der Waals surface area contributed by atoms with Crippen molar-refractivity contribution in [1.82, 2.24) is 15.3 Å². The van der Waals surface area contributed by atoms with E-state index in [4.69, 9.17) is 0 Å². The Morgan fingerprint density at radius 3 is 2.80 bits per heavy atom. The Kier molecular flexibility index (Phi) is 6.70. The van der Waals surface area contributed by atoms with E-state index >= 15 is 0 Å². The summed E-state index contributed by atoms with van der Waals surface area (Å²) in [4.78, 5) is 22.2. The second kappa shape index (κ2) is 8.04. The first kappa shape index (κ1) is 16.7. The minimum absolute atomic E-state index is 0.0314. The lowest BCUT2D eigenvalue weighted by Crippen LogP contribution is -2.39. The molecule has 0 spiro atoms. The molecule has 2 N–H and O–H groups in total. The third kappa shape index (κ3) is 5.32. The van der Waals surface area contributed by atoms with Gasteiger partial charge in [-0.15, -0.1) is 0 Å². The van der Waals surface area contributed by atoms with Gasteiger partial charge in [0.05, 0.1) is 11.0 Å². The van der Waals surface area contributed by atoms with Crippen LogP contribution in [0.5, 0.6) is 0 Å². The Balaban J connectivity index is 2.75. The average Bonchev–Trinajstić information content (AvgIpc) is 2.36. The predicted molar refractivity (Wildman–Crippen MR) is 85.1 cm³/mol. The van der Waals surface area contributed by atoms with Gasteiger partial charge < -0.3 is 15.5 Å². The van der Waals surface area contributed by atoms with Crippen LogP contribution in [0.25, 0.3) is 0 Å². The van der Waals surface area contributed by atoms with Crippen LogP contribution in [0.2, 0.25) is 0 Å². The lowest BCUT2D eigenvalue weighted by molar-refractivity contribution is -0.120. The van der Waals surface area contributed by atoms with Crippen LogP contribution in [-0.2, 0) is 4.79 Å². The molecule has 0 saturated carbocycles. The highest BCUT2D eigenvalue weighted by atomic mass is 79.9. The molecule has 0 atom stereocenters. The van der Waals surface area contributed by atoms with Gasteiger partial charge in [-0.3, -0.25) is 4.79 Å². The lowest BCUT2D eigenvalue weighted by atomic mass is 10.4. The van der Waals surface area contributed by atoms with E-state index in [1.165, 1.54) is 0 Å². The van der Waals surface area contributed by atoms with Crippen molar-refractivity contribution in [2.24, 2.45) is 0 Å². The number of amides is 1. The van der Waals surface area contributed by atoms with Crippen molar-refractivity contribution in [3.63, 3.8) is 0 Å². The minimum Gasteiger partial charge on any atom is -0.354 e. The summed E-state index contributed by atoms with van der Waals surface area (Å²) in [5.41, 5.74) is 0. The van der Waals surface area contributed by atoms with E-state index in [2.05, 4.69) is 43.5 Å². The van der Waals surface area contributed by atoms with Gasteiger partial charge in [0.15, 0.2) is 0 Å². The summed E-state index contributed by atoms with van der Waals surface area (Å²) in [6, 6.07) is 0.131. The lowest BCUT2D eigenvalue weighted by Gasteiger charge is -2.20. The molecule has 0 aromatic carbocycles. The number of hydrogen-bond donors (Lipinski definition) is 2. The standard InChI is InChI=1S/C13H22BrN5O/c1-5-6-15-13-16-7-10(14)12(18-13)19(4)8-11(20)17-9(2)3/h7,9H,5-6,8H2,1-4H3,(H,17,20)(H,15,16,18). The van der Waals surface area contributed by atoms with Gasteiger partial charge in [-0.2, -0.15) is 4.98 Å². The van der Waals surface area contributed by atoms with Gasteiger partial charge in [-0.05, 0) is 36.2 Å². The molecule has 0 saturated heterocycles. The van der Waals surface area contributed by atoms with E-state index in [-0.39, 0.29) is 18.5 Å². The van der Waals surface area contributed by atoms with Crippen molar-refractivity contribution < 1.29 is 4.79 Å². The van der Waals surface area contributed by atoms with Gasteiger partial charge in [-0.25, -0.2) is 4.98 Å². The number of likely N-dealkylation sites (N-methyl/N-ethyl adjacent to an activating group) is 1. The van der Waals surface area contributed by atoms with Gasteiger partial charge in [0, 0.05) is 25.8 Å². The highest BCUT2D eigenvalue weighted by Gasteiger charge is 2.13. The third-order valence-electron chi connectivity index (χ3n) is 2.45. The van der Waals surface area contributed by atoms with Crippen molar-refractivity contribution in [3.8, 4) is 0 Å². The Labute approximate surface area is 128 Å². The smallest absolute Gasteiger partial charge is 0.239 e. The largest absolute Gasteiger partial charge is 0.354 e. The molecule has 1 aromatic heterocycles. The van der Waals surface area contributed by atoms with Crippen molar-refractivity contribution in [1.29, 1.82) is 0 Å². The number of nitrogens with zero attached hydrogens (tertiary/aromatic N) is 3. The first-order chi connectivity index (χ1) is 9.43. The summed E-state index contributed by atoms with van der Waals surface area (Å²) in [5.74, 6) is 1.23. The van der Waals surface area contributed by atoms with Crippen LogP contribution in [0.15, 0.2) is 10.7 Å². The fourth-order valence-electron chi connectivity index (χ4n) is 1.61. The van der Waals surface area contributed by atoms with Crippen LogP contribution in [0.4, 0.5) is 11.8 Å². The van der Waals surface area contributed by atoms with Crippen LogP contribution in [0.3, 0.4) is 0 Å². The topological polar surface area (TPSA) is 70.2 Å². The number of aromatic nitrogens is 2. The SMILES string of the molecule is CCCNc1ncc(Br)c(N(C)CC(=O)NC(C)C)n1. The number of nitrogens with one attached hydrogen (secondary N) is 2. The van der Waals surface area contributed by atoms with Gasteiger partial charge in [0.2, 0.25) is 11.9 Å². The maximum atomic E-state index is 11.8. The Morgan fingerprint density at radius 2 is 2.20 bits per heavy atom. The molecule has 0 aliphatic rings. The summed E-state index contributed by atoms with van der Waals surface area (Å²) < 4.78 is 0.763. The second-order valence-corrected chi connectivity index (χ2v) is 5.72. The van der Waals surface area contributed by atoms with Gasteiger partial charge in [-0.1, -0.05) is 6.92 Å². The molecule has 1 heterocycles. The van der Waals surface area contributed by atoms with Crippen LogP contribution >= 0.6 is 15.9 Å². The maximum absolute atomic E-state index is 11.8. The molecule has 0 aliphatic heterocycles. The highest BCUT2D eigenvalue weighted by Crippen LogP contribution is 2.23. The normalized spacial score (nSPS) is 10.5. The molecule has 1 amide bonds. The minimum atomic E-state index is -0.0314. The second-order valence-electron chi connectivity index (χ2n) is 4.87. The first-order valence-corrected chi connectivity index (χ1v) is 7.50. The Bertz CT molecular complexity index is 452. The summed E-state index contributed by atoms with van der Waals surface area (Å²) in [5, 5.41) is 5.99. The third-order valence-corrected chi connectivity index (χ3v) is 3.01. The molecule has 0 unspecified atom stereocenters. The number of hydrogen-bond acceptors (Lipinski definition) is 5. The zero-order chi connectivity index (χ0) is 15.1. The fraction of sp³-hybridized carbons (Fsp3) is 0.615. The van der Waals surface area contributed by atoms with E-state index in [1.807, 2.05) is 20.9 Å². The Morgan fingerprint density at radius 1 is 1.50 bits per heavy atom. The zero-order valence-electron chi connectivity index (χ0n) is 12.4. The first-order valence-electron chi connectivity index (χ1n) is 6.71. The molecule has 20 heavy (non-hydrogen) atoms. The molecule has 1 aromatic rings. The molecule has 0 radical (unpaired) electrons. The molecule has 0 aliphatic carbocycles. The van der Waals surface area contributed by atoms with Crippen molar-refractivity contribution >= 4 is 33.6 Å². The van der Waals surface area contributed by atoms with Crippen LogP contribution < -0.4 is 15.5 Å². The van der Waals surface area contributed by atoms with Gasteiger partial charge >= 0.3 is 0 Å². The number of carbonyl (C=O) groups excluding carboxylic acids is 1. The molecule has 7 heteroatoms. The molecule has 0 fully saturated rings. The average molecular weight is 344 g/mol.